The lowest BCUT2D eigenvalue weighted by atomic mass is 9.33. The third-order valence-corrected chi connectivity index (χ3v) is 22.0. The number of anilines is 6. The van der Waals surface area contributed by atoms with Crippen LogP contribution in [0.1, 0.15) is 30.3 Å². The molecule has 0 saturated carbocycles. The van der Waals surface area contributed by atoms with Gasteiger partial charge in [0.05, 0.1) is 75.9 Å². The first-order chi connectivity index (χ1) is 61.3. The smallest absolute Gasteiger partial charge is 0.252 e. The average molecular weight is 1440 g/mol. The molecular formula is C104H63BN6O. The van der Waals surface area contributed by atoms with Crippen molar-refractivity contribution < 1.29 is 23.6 Å². The number of benzene rings is 17. The van der Waals surface area contributed by atoms with Crippen LogP contribution in [-0.2, 0) is 0 Å². The minimum absolute atomic E-state index is 0.0936. The summed E-state index contributed by atoms with van der Waals surface area (Å²) in [7, 11) is 0. The highest BCUT2D eigenvalue weighted by atomic mass is 16.3. The third-order valence-electron chi connectivity index (χ3n) is 22.0. The van der Waals surface area contributed by atoms with Crippen LogP contribution in [0.2, 0.25) is 0 Å². The second-order valence-corrected chi connectivity index (χ2v) is 28.1. The van der Waals surface area contributed by atoms with Crippen molar-refractivity contribution in [1.29, 1.82) is 10.5 Å². The number of nitriles is 2. The largest absolute Gasteiger partial charge is 0.455 e. The average Bonchev–Trinajstić information content (AvgIpc) is 1.05. The maximum atomic E-state index is 10.7. The Balaban J connectivity index is 0.959. The molecule has 17 aromatic carbocycles. The van der Waals surface area contributed by atoms with E-state index in [0.29, 0.717) is 61.8 Å². The summed E-state index contributed by atoms with van der Waals surface area (Å²) in [6, 6.07) is 96.4. The minimum Gasteiger partial charge on any atom is -0.455 e. The van der Waals surface area contributed by atoms with E-state index in [1.54, 1.807) is 0 Å². The first-order valence-corrected chi connectivity index (χ1v) is 36.9. The van der Waals surface area contributed by atoms with Gasteiger partial charge < -0.3 is 23.4 Å². The summed E-state index contributed by atoms with van der Waals surface area (Å²) in [5, 5.41) is 22.7. The molecule has 0 bridgehead atoms. The summed E-state index contributed by atoms with van der Waals surface area (Å²) in [5.74, 6) is 0. The van der Waals surface area contributed by atoms with Gasteiger partial charge >= 0.3 is 0 Å². The van der Waals surface area contributed by atoms with Gasteiger partial charge in [0, 0.05) is 94.3 Å². The fraction of sp³-hybridized carbons (Fsp3) is 0. The highest BCUT2D eigenvalue weighted by molar-refractivity contribution is 7.00. The minimum atomic E-state index is -0.852. The molecule has 2 aliphatic heterocycles. The van der Waals surface area contributed by atoms with Gasteiger partial charge in [-0.05, 0) is 175 Å². The van der Waals surface area contributed by atoms with Crippen LogP contribution in [-0.4, -0.2) is 15.8 Å². The molecule has 112 heavy (non-hydrogen) atoms. The van der Waals surface area contributed by atoms with E-state index in [0.717, 1.165) is 88.6 Å². The fourth-order valence-corrected chi connectivity index (χ4v) is 17.2. The van der Waals surface area contributed by atoms with Gasteiger partial charge in [0.25, 0.3) is 6.71 Å². The van der Waals surface area contributed by atoms with Crippen molar-refractivity contribution in [3.63, 3.8) is 0 Å². The molecule has 7 nitrogen and oxygen atoms in total. The Morgan fingerprint density at radius 2 is 0.705 bits per heavy atom. The molecule has 0 saturated heterocycles. The molecular weight excluding hydrogens is 1360 g/mol. The molecule has 0 unspecified atom stereocenters. The van der Waals surface area contributed by atoms with Crippen LogP contribution >= 0.6 is 0 Å². The molecule has 0 amide bonds. The van der Waals surface area contributed by atoms with Gasteiger partial charge in [-0.2, -0.15) is 10.5 Å². The number of fused-ring (bicyclic) bond motifs is 13. The molecule has 518 valence electrons. The summed E-state index contributed by atoms with van der Waals surface area (Å²) in [6.07, 6.45) is 0. The monoisotopic (exact) mass is 1440 g/mol. The summed E-state index contributed by atoms with van der Waals surface area (Å²) >= 11 is 0. The van der Waals surface area contributed by atoms with E-state index in [9.17, 15) is 29.7 Å². The van der Waals surface area contributed by atoms with Crippen LogP contribution in [0.4, 0.5) is 34.1 Å². The summed E-state index contributed by atoms with van der Waals surface area (Å²) in [4.78, 5) is 4.57. The number of hydrogen-bond donors (Lipinski definition) is 0. The van der Waals surface area contributed by atoms with Crippen LogP contribution in [0.15, 0.2) is 386 Å². The van der Waals surface area contributed by atoms with Crippen LogP contribution < -0.4 is 26.2 Å². The molecule has 5 heterocycles. The molecule has 0 atom stereocenters. The van der Waals surface area contributed by atoms with Gasteiger partial charge in [0.15, 0.2) is 0 Å². The van der Waals surface area contributed by atoms with Crippen molar-refractivity contribution in [3.05, 3.63) is 393 Å². The maximum Gasteiger partial charge on any atom is 0.252 e. The summed E-state index contributed by atoms with van der Waals surface area (Å²) in [6.45, 7) is -0.852. The van der Waals surface area contributed by atoms with Crippen molar-refractivity contribution in [2.45, 2.75) is 0 Å². The van der Waals surface area contributed by atoms with E-state index in [1.165, 1.54) is 9.13 Å². The number of rotatable bonds is 11. The first kappa shape index (κ1) is 51.1. The Labute approximate surface area is 666 Å². The third kappa shape index (κ3) is 10.1. The molecule has 2 aliphatic rings. The zero-order chi connectivity index (χ0) is 86.3. The van der Waals surface area contributed by atoms with Crippen LogP contribution in [0.25, 0.3) is 155 Å². The van der Waals surface area contributed by atoms with Crippen molar-refractivity contribution in [1.82, 2.24) is 9.13 Å². The second kappa shape index (κ2) is 25.8. The lowest BCUT2D eigenvalue weighted by molar-refractivity contribution is 0.670. The van der Waals surface area contributed by atoms with Gasteiger partial charge in [-0.25, -0.2) is 0 Å². The van der Waals surface area contributed by atoms with E-state index in [4.69, 9.17) is 4.42 Å². The molecule has 3 aromatic heterocycles. The van der Waals surface area contributed by atoms with Crippen molar-refractivity contribution >= 4 is 123 Å². The number of furan rings is 1. The topological polar surface area (TPSA) is 77.1 Å². The van der Waals surface area contributed by atoms with Crippen LogP contribution in [0, 0.1) is 22.7 Å². The van der Waals surface area contributed by atoms with E-state index in [2.05, 4.69) is 149 Å². The quantitative estimate of drug-likeness (QED) is 0.121. The second-order valence-electron chi connectivity index (χ2n) is 28.1. The first-order valence-electron chi connectivity index (χ1n) is 43.9. The Morgan fingerprint density at radius 1 is 0.295 bits per heavy atom. The number of aromatic nitrogens is 2. The Morgan fingerprint density at radius 3 is 1.19 bits per heavy atom. The van der Waals surface area contributed by atoms with Crippen molar-refractivity contribution in [2.75, 3.05) is 9.80 Å². The number of para-hydroxylation sites is 5. The molecule has 22 rings (SSSR count). The number of nitrogens with zero attached hydrogens (tertiary/aromatic N) is 6. The zero-order valence-electron chi connectivity index (χ0n) is 73.5. The normalized spacial score (nSPS) is 14.0. The predicted molar refractivity (Wildman–Crippen MR) is 464 cm³/mol. The summed E-state index contributed by atoms with van der Waals surface area (Å²) < 4.78 is 145. The molecule has 0 aliphatic carbocycles. The molecule has 0 radical (unpaired) electrons. The Hall–Kier alpha value is -15.2. The lowest BCUT2D eigenvalue weighted by Crippen LogP contribution is -2.61. The van der Waals surface area contributed by atoms with Crippen molar-refractivity contribution in [3.8, 4) is 101 Å². The van der Waals surface area contributed by atoms with Crippen molar-refractivity contribution in [2.24, 2.45) is 0 Å². The predicted octanol–water partition coefficient (Wildman–Crippen LogP) is 25.3. The molecule has 0 spiro atoms. The van der Waals surface area contributed by atoms with E-state index >= 15 is 0 Å². The van der Waals surface area contributed by atoms with E-state index in [1.807, 2.05) is 170 Å². The Bertz CT molecular complexity index is 7760. The van der Waals surface area contributed by atoms with Gasteiger partial charge in [0.2, 0.25) is 0 Å². The van der Waals surface area contributed by atoms with Gasteiger partial charge in [-0.3, -0.25) is 0 Å². The molecule has 8 heteroatoms. The molecule has 0 N–H and O–H groups in total. The maximum absolute atomic E-state index is 10.7. The highest BCUT2D eigenvalue weighted by Gasteiger charge is 2.46. The molecule has 0 fully saturated rings. The van der Waals surface area contributed by atoms with E-state index in [-0.39, 0.29) is 55.0 Å². The van der Waals surface area contributed by atoms with Gasteiger partial charge in [-0.15, -0.1) is 0 Å². The summed E-state index contributed by atoms with van der Waals surface area (Å²) in [5.41, 5.74) is 18.2. The zero-order valence-corrected chi connectivity index (χ0v) is 59.5. The highest BCUT2D eigenvalue weighted by Crippen LogP contribution is 2.55. The van der Waals surface area contributed by atoms with Gasteiger partial charge in [-0.1, -0.05) is 273 Å². The fourth-order valence-electron chi connectivity index (χ4n) is 17.2. The van der Waals surface area contributed by atoms with Gasteiger partial charge in [0.1, 0.15) is 11.2 Å². The van der Waals surface area contributed by atoms with Crippen LogP contribution in [0.5, 0.6) is 0 Å². The standard InChI is InChI=1S/C104H63BN6O/c106-64-66-47-53-94-87(55-66)83-37-16-19-44-92(83)108(94)77-49-51-90-96(62-77)110(102-79(69-27-8-2-9-28-69)40-23-41-80(102)70-29-10-3-11-30-70)98-60-76(75-58-86(104-89(59-75)85-39-18-21-46-100(85)112-104)74-36-22-35-73(57-74)68-25-6-1-7-26-68)61-99-101(98)105(90)91-52-50-78(109-93-45-20-17-38-84(93)88-56-67(65-107)48-54-95(88)109)63-97(91)111(99)103-81(71-31-12-4-13-32-71)42-24-43-82(103)72-33-14-5-15-34-72/h1-63H/i16D,17D,19D,20D,37D,38D,44D,45D,47D,48D,53D,54D,55D,56D. The lowest BCUT2D eigenvalue weighted by Gasteiger charge is -2.46. The van der Waals surface area contributed by atoms with Crippen LogP contribution in [0.3, 0.4) is 0 Å². The SMILES string of the molecule is [2H]c1c([2H])c([2H])c2c(c1[2H])c1c([2H])c(C#N)c([2H])c([2H])c1n2-c1ccc2c(c1)N(c1c(-c3ccccc3)cccc1-c1ccccc1)c1cc(-c3cc(-c4cccc(-c5ccccc5)c4)c4oc5ccccc5c4c3)cc3c1B2c1ccc(-n2c4c([2H])c([2H])c([2H])c([2H])c4c4c([2H])c(C#N)c([2H])c([2H])c42)cc1N3c1c(-c2ccccc2)cccc1-c1ccccc1. The van der Waals surface area contributed by atoms with E-state index < -0.39 is 102 Å². The molecule has 20 aromatic rings. The number of hydrogen-bond acceptors (Lipinski definition) is 5. The Kier molecular flexibility index (Phi) is 11.8.